The molecule has 3 aromatic rings. The maximum absolute atomic E-state index is 12.0. The molecular weight excluding hydrogens is 511 g/mol. The molecule has 7 heteroatoms. The lowest BCUT2D eigenvalue weighted by Gasteiger charge is -2.18. The zero-order chi connectivity index (χ0) is 22.2. The number of halogens is 1. The van der Waals surface area contributed by atoms with Gasteiger partial charge in [-0.25, -0.2) is 9.59 Å². The summed E-state index contributed by atoms with van der Waals surface area (Å²) in [7, 11) is 0. The molecule has 0 radical (unpaired) electrons. The van der Waals surface area contributed by atoms with E-state index in [-0.39, 0.29) is 13.2 Å². The zero-order valence-corrected chi connectivity index (χ0v) is 19.8. The molecule has 0 bridgehead atoms. The van der Waals surface area contributed by atoms with E-state index < -0.39 is 11.9 Å². The van der Waals surface area contributed by atoms with Gasteiger partial charge in [0.15, 0.2) is 13.2 Å². The van der Waals surface area contributed by atoms with Crippen LogP contribution in [0.25, 0.3) is 21.5 Å². The Labute approximate surface area is 194 Å². The van der Waals surface area contributed by atoms with E-state index in [2.05, 4.69) is 22.6 Å². The first-order chi connectivity index (χ1) is 15.1. The van der Waals surface area contributed by atoms with E-state index in [1.165, 1.54) is 0 Å². The van der Waals surface area contributed by atoms with E-state index in [1.54, 1.807) is 0 Å². The Morgan fingerprint density at radius 1 is 0.742 bits per heavy atom. The van der Waals surface area contributed by atoms with Crippen molar-refractivity contribution in [2.24, 2.45) is 0 Å². The predicted octanol–water partition coefficient (Wildman–Crippen LogP) is 5.26. The van der Waals surface area contributed by atoms with E-state index in [9.17, 15) is 9.59 Å². The lowest BCUT2D eigenvalue weighted by atomic mass is 10.0. The van der Waals surface area contributed by atoms with Gasteiger partial charge in [-0.1, -0.05) is 50.2 Å². The number of hydrogen-bond acceptors (Lipinski definition) is 6. The monoisotopic (exact) mass is 536 g/mol. The first-order valence-corrected chi connectivity index (χ1v) is 11.3. The Kier molecular flexibility index (Phi) is 8.34. The molecule has 164 valence electrons. The largest absolute Gasteiger partial charge is 0.481 e. The molecule has 0 aliphatic heterocycles. The quantitative estimate of drug-likeness (QED) is 0.200. The van der Waals surface area contributed by atoms with Crippen LogP contribution in [-0.4, -0.2) is 38.4 Å². The van der Waals surface area contributed by atoms with Gasteiger partial charge in [0, 0.05) is 25.1 Å². The van der Waals surface area contributed by atoms with Crippen LogP contribution in [0.1, 0.15) is 26.7 Å². The summed E-state index contributed by atoms with van der Waals surface area (Å²) in [6.07, 6.45) is 1.50. The molecule has 0 aliphatic carbocycles. The maximum Gasteiger partial charge on any atom is 0.344 e. The lowest BCUT2D eigenvalue weighted by molar-refractivity contribution is -0.146. The van der Waals surface area contributed by atoms with Gasteiger partial charge in [-0.3, -0.25) is 0 Å². The summed E-state index contributed by atoms with van der Waals surface area (Å²) in [5.74, 6) is 0.344. The SMILES string of the molecule is CCCOC(=O)COc1c2ccccc2c(OCC(=O)OCCC)c2c(I)cccc12. The highest BCUT2D eigenvalue weighted by Gasteiger charge is 2.20. The zero-order valence-electron chi connectivity index (χ0n) is 17.6. The number of benzene rings is 3. The number of hydrogen-bond donors (Lipinski definition) is 0. The van der Waals surface area contributed by atoms with Crippen molar-refractivity contribution in [1.82, 2.24) is 0 Å². The highest BCUT2D eigenvalue weighted by atomic mass is 127. The van der Waals surface area contributed by atoms with Crippen molar-refractivity contribution >= 4 is 56.1 Å². The Morgan fingerprint density at radius 2 is 1.26 bits per heavy atom. The number of fused-ring (bicyclic) bond motifs is 2. The van der Waals surface area contributed by atoms with Gasteiger partial charge in [0.05, 0.1) is 13.2 Å². The second-order valence-electron chi connectivity index (χ2n) is 6.88. The van der Waals surface area contributed by atoms with Gasteiger partial charge in [0.2, 0.25) is 0 Å². The Hall–Kier alpha value is -2.55. The third-order valence-electron chi connectivity index (χ3n) is 4.50. The average Bonchev–Trinajstić information content (AvgIpc) is 2.78. The van der Waals surface area contributed by atoms with Crippen LogP contribution < -0.4 is 9.47 Å². The number of carbonyl (C=O) groups excluding carboxylic acids is 2. The van der Waals surface area contributed by atoms with Crippen molar-refractivity contribution in [3.8, 4) is 11.5 Å². The molecular formula is C24H25IO6. The van der Waals surface area contributed by atoms with Crippen LogP contribution in [0.5, 0.6) is 11.5 Å². The predicted molar refractivity (Wildman–Crippen MR) is 128 cm³/mol. The molecule has 3 aromatic carbocycles. The Bertz CT molecular complexity index is 1080. The molecule has 0 aliphatic rings. The highest BCUT2D eigenvalue weighted by Crippen LogP contribution is 2.44. The minimum Gasteiger partial charge on any atom is -0.481 e. The van der Waals surface area contributed by atoms with Crippen molar-refractivity contribution < 1.29 is 28.5 Å². The van der Waals surface area contributed by atoms with Crippen molar-refractivity contribution in [1.29, 1.82) is 0 Å². The number of ether oxygens (including phenoxy) is 4. The minimum absolute atomic E-state index is 0.186. The Balaban J connectivity index is 2.04. The van der Waals surface area contributed by atoms with Crippen LogP contribution >= 0.6 is 22.6 Å². The normalized spacial score (nSPS) is 10.8. The fourth-order valence-corrected chi connectivity index (χ4v) is 3.93. The van der Waals surface area contributed by atoms with E-state index in [1.807, 2.05) is 56.3 Å². The molecule has 0 saturated carbocycles. The second-order valence-corrected chi connectivity index (χ2v) is 8.05. The third-order valence-corrected chi connectivity index (χ3v) is 5.40. The molecule has 0 fully saturated rings. The van der Waals surface area contributed by atoms with Gasteiger partial charge in [0.1, 0.15) is 11.5 Å². The lowest BCUT2D eigenvalue weighted by Crippen LogP contribution is -2.16. The molecule has 0 saturated heterocycles. The molecule has 0 aromatic heterocycles. The van der Waals surface area contributed by atoms with E-state index >= 15 is 0 Å². The Morgan fingerprint density at radius 3 is 1.84 bits per heavy atom. The van der Waals surface area contributed by atoms with Crippen LogP contribution in [0.2, 0.25) is 0 Å². The van der Waals surface area contributed by atoms with Gasteiger partial charge in [-0.15, -0.1) is 0 Å². The van der Waals surface area contributed by atoms with Crippen LogP contribution in [0.3, 0.4) is 0 Å². The molecule has 6 nitrogen and oxygen atoms in total. The smallest absolute Gasteiger partial charge is 0.344 e. The van der Waals surface area contributed by atoms with Crippen molar-refractivity contribution in [2.75, 3.05) is 26.4 Å². The topological polar surface area (TPSA) is 71.1 Å². The van der Waals surface area contributed by atoms with Crippen molar-refractivity contribution in [2.45, 2.75) is 26.7 Å². The van der Waals surface area contributed by atoms with Gasteiger partial charge < -0.3 is 18.9 Å². The molecule has 31 heavy (non-hydrogen) atoms. The molecule has 3 rings (SSSR count). The highest BCUT2D eigenvalue weighted by molar-refractivity contribution is 14.1. The van der Waals surface area contributed by atoms with E-state index in [4.69, 9.17) is 18.9 Å². The van der Waals surface area contributed by atoms with E-state index in [0.29, 0.717) is 24.7 Å². The molecule has 0 amide bonds. The van der Waals surface area contributed by atoms with Crippen LogP contribution in [0, 0.1) is 3.57 Å². The summed E-state index contributed by atoms with van der Waals surface area (Å²) in [5, 5.41) is 3.20. The average molecular weight is 536 g/mol. The van der Waals surface area contributed by atoms with Gasteiger partial charge in [-0.05, 0) is 41.5 Å². The van der Waals surface area contributed by atoms with E-state index in [0.717, 1.165) is 38.0 Å². The minimum atomic E-state index is -0.413. The fourth-order valence-electron chi connectivity index (χ4n) is 3.19. The maximum atomic E-state index is 12.0. The summed E-state index contributed by atoms with van der Waals surface area (Å²) in [5.41, 5.74) is 0. The summed E-state index contributed by atoms with van der Waals surface area (Å²) >= 11 is 2.23. The molecule has 0 spiro atoms. The van der Waals surface area contributed by atoms with Crippen molar-refractivity contribution in [3.63, 3.8) is 0 Å². The summed E-state index contributed by atoms with van der Waals surface area (Å²) in [6.45, 7) is 4.23. The summed E-state index contributed by atoms with van der Waals surface area (Å²) < 4.78 is 23.2. The van der Waals surface area contributed by atoms with Crippen LogP contribution in [-0.2, 0) is 19.1 Å². The summed E-state index contributed by atoms with van der Waals surface area (Å²) in [6, 6.07) is 13.4. The number of esters is 2. The number of rotatable bonds is 10. The number of carbonyl (C=O) groups is 2. The first kappa shape index (κ1) is 23.1. The van der Waals surface area contributed by atoms with Gasteiger partial charge in [0.25, 0.3) is 0 Å². The first-order valence-electron chi connectivity index (χ1n) is 10.3. The molecule has 0 N–H and O–H groups in total. The molecule has 0 heterocycles. The second kappa shape index (κ2) is 11.2. The summed E-state index contributed by atoms with van der Waals surface area (Å²) in [4.78, 5) is 24.1. The van der Waals surface area contributed by atoms with Gasteiger partial charge >= 0.3 is 11.9 Å². The van der Waals surface area contributed by atoms with Gasteiger partial charge in [-0.2, -0.15) is 0 Å². The van der Waals surface area contributed by atoms with Crippen LogP contribution in [0.15, 0.2) is 42.5 Å². The van der Waals surface area contributed by atoms with Crippen molar-refractivity contribution in [3.05, 3.63) is 46.0 Å². The molecule has 0 atom stereocenters. The fraction of sp³-hybridized carbons (Fsp3) is 0.333. The van der Waals surface area contributed by atoms with Crippen LogP contribution in [0.4, 0.5) is 0 Å². The standard InChI is InChI=1S/C24H25IO6/c1-3-12-28-20(26)14-30-23-16-8-5-6-9-17(16)24(31-15-21(27)29-13-4-2)22-18(23)10-7-11-19(22)25/h5-11H,3-4,12-15H2,1-2H3. The third kappa shape index (κ3) is 5.58. The molecule has 0 unspecified atom stereocenters.